The van der Waals surface area contributed by atoms with Gasteiger partial charge in [0.05, 0.1) is 0 Å². The fourth-order valence-corrected chi connectivity index (χ4v) is 1.68. The van der Waals surface area contributed by atoms with E-state index in [2.05, 4.69) is 26.1 Å². The Labute approximate surface area is 98.7 Å². The number of nitrogen functional groups attached to an aromatic ring is 1. The lowest BCUT2D eigenvalue weighted by atomic mass is 9.97. The second-order valence-corrected chi connectivity index (χ2v) is 4.29. The van der Waals surface area contributed by atoms with Gasteiger partial charge in [-0.1, -0.05) is 32.6 Å². The zero-order valence-electron chi connectivity index (χ0n) is 10.3. The molecule has 0 saturated carbocycles. The summed E-state index contributed by atoms with van der Waals surface area (Å²) in [6.07, 6.45) is 3.43. The van der Waals surface area contributed by atoms with Crippen LogP contribution in [0.15, 0.2) is 31.4 Å². The molecule has 0 aliphatic rings. The van der Waals surface area contributed by atoms with Gasteiger partial charge in [0.1, 0.15) is 0 Å². The molecule has 1 aromatic rings. The molecule has 16 heavy (non-hydrogen) atoms. The molecule has 0 radical (unpaired) electrons. The average molecular weight is 215 g/mol. The van der Waals surface area contributed by atoms with Crippen molar-refractivity contribution in [3.63, 3.8) is 0 Å². The van der Waals surface area contributed by atoms with Gasteiger partial charge in [0.2, 0.25) is 0 Å². The third-order valence-corrected chi connectivity index (χ3v) is 2.75. The van der Waals surface area contributed by atoms with Crippen molar-refractivity contribution in [3.05, 3.63) is 42.5 Å². The van der Waals surface area contributed by atoms with Crippen LogP contribution in [0.25, 0.3) is 11.1 Å². The Kier molecular flexibility index (Phi) is 4.36. The second-order valence-electron chi connectivity index (χ2n) is 4.29. The van der Waals surface area contributed by atoms with Crippen LogP contribution in [0.3, 0.4) is 0 Å². The molecule has 0 fully saturated rings. The van der Waals surface area contributed by atoms with Crippen LogP contribution in [0.1, 0.15) is 44.2 Å². The molecule has 0 unspecified atom stereocenters. The summed E-state index contributed by atoms with van der Waals surface area (Å²) in [6.45, 7) is 12.2. The van der Waals surface area contributed by atoms with Crippen molar-refractivity contribution in [2.45, 2.75) is 33.1 Å². The van der Waals surface area contributed by atoms with Crippen molar-refractivity contribution in [2.24, 2.45) is 0 Å². The predicted molar refractivity (Wildman–Crippen MR) is 74.1 cm³/mol. The monoisotopic (exact) mass is 215 g/mol. The molecule has 0 amide bonds. The number of allylic oxidation sites excluding steroid dienone is 2. The molecule has 86 valence electrons. The maximum atomic E-state index is 5.90. The maximum Gasteiger partial charge on any atom is 0.0390 e. The van der Waals surface area contributed by atoms with Gasteiger partial charge in [0.15, 0.2) is 0 Å². The summed E-state index contributed by atoms with van der Waals surface area (Å²) < 4.78 is 0. The molecular formula is C15H21N. The van der Waals surface area contributed by atoms with Gasteiger partial charge >= 0.3 is 0 Å². The summed E-state index contributed by atoms with van der Waals surface area (Å²) in [6, 6.07) is 6.08. The summed E-state index contributed by atoms with van der Waals surface area (Å²) in [4.78, 5) is 0. The molecule has 0 aliphatic carbocycles. The summed E-state index contributed by atoms with van der Waals surface area (Å²) in [5, 5.41) is 0. The number of hydrogen-bond acceptors (Lipinski definition) is 1. The van der Waals surface area contributed by atoms with Gasteiger partial charge in [0.25, 0.3) is 0 Å². The van der Waals surface area contributed by atoms with Crippen LogP contribution < -0.4 is 5.73 Å². The largest absolute Gasteiger partial charge is 0.398 e. The maximum absolute atomic E-state index is 5.90. The highest BCUT2D eigenvalue weighted by Crippen LogP contribution is 2.26. The Hall–Kier alpha value is -1.50. The molecule has 0 spiro atoms. The molecule has 0 aromatic heterocycles. The number of benzene rings is 1. The number of unbranched alkanes of at least 4 members (excludes halogenated alkanes) is 1. The normalized spacial score (nSPS) is 10.1. The molecule has 0 bridgehead atoms. The molecule has 0 heterocycles. The Balaban J connectivity index is 2.94. The van der Waals surface area contributed by atoms with Crippen LogP contribution in [0.2, 0.25) is 0 Å². The van der Waals surface area contributed by atoms with Gasteiger partial charge in [-0.3, -0.25) is 0 Å². The van der Waals surface area contributed by atoms with Crippen LogP contribution >= 0.6 is 0 Å². The lowest BCUT2D eigenvalue weighted by molar-refractivity contribution is 0.825. The molecule has 2 N–H and O–H groups in total. The Morgan fingerprint density at radius 3 is 2.56 bits per heavy atom. The van der Waals surface area contributed by atoms with Crippen molar-refractivity contribution < 1.29 is 0 Å². The highest BCUT2D eigenvalue weighted by atomic mass is 14.6. The lowest BCUT2D eigenvalue weighted by Gasteiger charge is -2.10. The van der Waals surface area contributed by atoms with Crippen LogP contribution in [0.5, 0.6) is 0 Å². The van der Waals surface area contributed by atoms with E-state index >= 15 is 0 Å². The molecule has 0 aliphatic heterocycles. The first-order chi connectivity index (χ1) is 7.56. The van der Waals surface area contributed by atoms with Gasteiger partial charge in [0, 0.05) is 11.3 Å². The van der Waals surface area contributed by atoms with E-state index < -0.39 is 0 Å². The zero-order valence-corrected chi connectivity index (χ0v) is 10.3. The summed E-state index contributed by atoms with van der Waals surface area (Å²) in [7, 11) is 0. The fourth-order valence-electron chi connectivity index (χ4n) is 1.68. The van der Waals surface area contributed by atoms with Crippen LogP contribution in [-0.4, -0.2) is 0 Å². The molecule has 1 aromatic carbocycles. The van der Waals surface area contributed by atoms with Gasteiger partial charge in [-0.15, -0.1) is 0 Å². The topological polar surface area (TPSA) is 26.0 Å². The van der Waals surface area contributed by atoms with Crippen molar-refractivity contribution in [1.82, 2.24) is 0 Å². The third kappa shape index (κ3) is 2.99. The van der Waals surface area contributed by atoms with Gasteiger partial charge in [-0.25, -0.2) is 0 Å². The molecule has 1 rings (SSSR count). The van der Waals surface area contributed by atoms with Crippen molar-refractivity contribution in [2.75, 3.05) is 5.73 Å². The standard InChI is InChI=1S/C15H21N/c1-5-6-7-12(4)13-8-9-15(16)14(10-13)11(2)3/h8-10H,2,4-7,16H2,1,3H3. The van der Waals surface area contributed by atoms with E-state index in [9.17, 15) is 0 Å². The highest BCUT2D eigenvalue weighted by molar-refractivity contribution is 5.77. The number of hydrogen-bond donors (Lipinski definition) is 1. The van der Waals surface area contributed by atoms with E-state index in [1.165, 1.54) is 24.0 Å². The smallest absolute Gasteiger partial charge is 0.0390 e. The minimum atomic E-state index is 0.791. The van der Waals surface area contributed by atoms with E-state index in [1.807, 2.05) is 19.1 Å². The molecule has 1 nitrogen and oxygen atoms in total. The van der Waals surface area contributed by atoms with E-state index in [0.29, 0.717) is 0 Å². The van der Waals surface area contributed by atoms with Crippen molar-refractivity contribution in [1.29, 1.82) is 0 Å². The Morgan fingerprint density at radius 2 is 2.00 bits per heavy atom. The number of nitrogens with two attached hydrogens (primary N) is 1. The van der Waals surface area contributed by atoms with Gasteiger partial charge in [-0.05, 0) is 48.6 Å². The first-order valence-electron chi connectivity index (χ1n) is 5.79. The molecule has 0 saturated heterocycles. The van der Waals surface area contributed by atoms with Crippen LogP contribution in [0, 0.1) is 0 Å². The van der Waals surface area contributed by atoms with E-state index in [0.717, 1.165) is 23.2 Å². The summed E-state index contributed by atoms with van der Waals surface area (Å²) in [5.41, 5.74) is 11.1. The Morgan fingerprint density at radius 1 is 1.31 bits per heavy atom. The van der Waals surface area contributed by atoms with Gasteiger partial charge < -0.3 is 5.73 Å². The van der Waals surface area contributed by atoms with Crippen molar-refractivity contribution in [3.8, 4) is 0 Å². The number of rotatable bonds is 5. The summed E-state index contributed by atoms with van der Waals surface area (Å²) in [5.74, 6) is 0. The van der Waals surface area contributed by atoms with Crippen LogP contribution in [-0.2, 0) is 0 Å². The second kappa shape index (κ2) is 5.55. The quantitative estimate of drug-likeness (QED) is 0.719. The van der Waals surface area contributed by atoms with Crippen molar-refractivity contribution >= 4 is 16.8 Å². The summed E-state index contributed by atoms with van der Waals surface area (Å²) >= 11 is 0. The van der Waals surface area contributed by atoms with Gasteiger partial charge in [-0.2, -0.15) is 0 Å². The average Bonchev–Trinajstić information content (AvgIpc) is 2.26. The molecule has 0 atom stereocenters. The molecule has 1 heteroatoms. The van der Waals surface area contributed by atoms with E-state index in [4.69, 9.17) is 5.73 Å². The predicted octanol–water partition coefficient (Wildman–Crippen LogP) is 4.51. The van der Waals surface area contributed by atoms with E-state index in [1.54, 1.807) is 0 Å². The number of anilines is 1. The Bertz CT molecular complexity index is 402. The zero-order chi connectivity index (χ0) is 12.1. The minimum absolute atomic E-state index is 0.791. The SMILES string of the molecule is C=C(CCCC)c1ccc(N)c(C(=C)C)c1. The molecular weight excluding hydrogens is 194 g/mol. The highest BCUT2D eigenvalue weighted by Gasteiger charge is 2.04. The first kappa shape index (κ1) is 12.6. The third-order valence-electron chi connectivity index (χ3n) is 2.75. The fraction of sp³-hybridized carbons (Fsp3) is 0.333. The first-order valence-corrected chi connectivity index (χ1v) is 5.79. The van der Waals surface area contributed by atoms with Crippen LogP contribution in [0.4, 0.5) is 5.69 Å². The minimum Gasteiger partial charge on any atom is -0.398 e. The van der Waals surface area contributed by atoms with E-state index in [-0.39, 0.29) is 0 Å². The lowest BCUT2D eigenvalue weighted by Crippen LogP contribution is -1.94.